The van der Waals surface area contributed by atoms with Crippen LogP contribution >= 0.6 is 11.3 Å². The lowest BCUT2D eigenvalue weighted by Gasteiger charge is -2.10. The van der Waals surface area contributed by atoms with Gasteiger partial charge in [-0.05, 0) is 30.4 Å². The molecular formula is C22H17NO3S. The molecule has 4 nitrogen and oxygen atoms in total. The molecule has 1 unspecified atom stereocenters. The monoisotopic (exact) mass is 375 g/mol. The molecule has 0 aliphatic carbocycles. The maximum Gasteiger partial charge on any atom is 0.348 e. The van der Waals surface area contributed by atoms with Gasteiger partial charge in [-0.15, -0.1) is 11.3 Å². The van der Waals surface area contributed by atoms with Crippen LogP contribution in [0.3, 0.4) is 0 Å². The number of nitrogens with zero attached hydrogens (tertiary/aromatic N) is 1. The second-order valence-electron chi connectivity index (χ2n) is 6.48. The maximum atomic E-state index is 12.5. The summed E-state index contributed by atoms with van der Waals surface area (Å²) in [5, 5.41) is 2.47. The Labute approximate surface area is 160 Å². The molecule has 0 aliphatic rings. The zero-order valence-corrected chi connectivity index (χ0v) is 15.7. The van der Waals surface area contributed by atoms with Gasteiger partial charge in [0.2, 0.25) is 5.89 Å². The SMILES string of the molecule is Cc1csc2nc(C(C)c3ccc(C(=O)c4ccccc4)cc3)oc(=O)c12. The third-order valence-corrected chi connectivity index (χ3v) is 5.64. The highest BCUT2D eigenvalue weighted by molar-refractivity contribution is 7.16. The molecule has 0 spiro atoms. The Morgan fingerprint density at radius 1 is 1.04 bits per heavy atom. The lowest BCUT2D eigenvalue weighted by Crippen LogP contribution is -2.08. The molecule has 0 N–H and O–H groups in total. The molecule has 27 heavy (non-hydrogen) atoms. The van der Waals surface area contributed by atoms with E-state index < -0.39 is 0 Å². The second-order valence-corrected chi connectivity index (χ2v) is 7.34. The number of carbonyl (C=O) groups excluding carboxylic acids is 1. The minimum absolute atomic E-state index is 0.0186. The van der Waals surface area contributed by atoms with Crippen LogP contribution in [-0.2, 0) is 0 Å². The van der Waals surface area contributed by atoms with Crippen LogP contribution in [0.2, 0.25) is 0 Å². The number of rotatable bonds is 4. The first-order valence-corrected chi connectivity index (χ1v) is 9.51. The first-order valence-electron chi connectivity index (χ1n) is 8.63. The zero-order valence-electron chi connectivity index (χ0n) is 14.9. The minimum Gasteiger partial charge on any atom is -0.407 e. The molecule has 0 radical (unpaired) electrons. The summed E-state index contributed by atoms with van der Waals surface area (Å²) in [6, 6.07) is 16.5. The second kappa shape index (κ2) is 6.93. The predicted molar refractivity (Wildman–Crippen MR) is 107 cm³/mol. The fraction of sp³-hybridized carbons (Fsp3) is 0.136. The van der Waals surface area contributed by atoms with Gasteiger partial charge < -0.3 is 4.42 Å². The molecular weight excluding hydrogens is 358 g/mol. The van der Waals surface area contributed by atoms with Crippen LogP contribution < -0.4 is 5.63 Å². The van der Waals surface area contributed by atoms with Gasteiger partial charge >= 0.3 is 5.63 Å². The van der Waals surface area contributed by atoms with Gasteiger partial charge in [-0.25, -0.2) is 9.78 Å². The number of aromatic nitrogens is 1. The smallest absolute Gasteiger partial charge is 0.348 e. The van der Waals surface area contributed by atoms with E-state index in [1.54, 1.807) is 24.3 Å². The van der Waals surface area contributed by atoms with Crippen LogP contribution in [0.25, 0.3) is 10.2 Å². The lowest BCUT2D eigenvalue weighted by molar-refractivity contribution is 0.103. The Balaban J connectivity index is 1.64. The van der Waals surface area contributed by atoms with Gasteiger partial charge in [-0.2, -0.15) is 0 Å². The van der Waals surface area contributed by atoms with Crippen LogP contribution in [0, 0.1) is 6.92 Å². The molecule has 5 heteroatoms. The topological polar surface area (TPSA) is 60.2 Å². The molecule has 0 saturated heterocycles. The van der Waals surface area contributed by atoms with Gasteiger partial charge in [0.15, 0.2) is 5.78 Å². The van der Waals surface area contributed by atoms with Crippen molar-refractivity contribution >= 4 is 27.3 Å². The summed E-state index contributed by atoms with van der Waals surface area (Å²) in [7, 11) is 0. The van der Waals surface area contributed by atoms with Crippen molar-refractivity contribution in [3.63, 3.8) is 0 Å². The van der Waals surface area contributed by atoms with Crippen molar-refractivity contribution in [2.24, 2.45) is 0 Å². The molecule has 0 fully saturated rings. The number of carbonyl (C=O) groups is 1. The number of benzene rings is 2. The first-order chi connectivity index (χ1) is 13.0. The number of thiophene rings is 1. The third-order valence-electron chi connectivity index (χ3n) is 4.65. The van der Waals surface area contributed by atoms with Gasteiger partial charge in [-0.1, -0.05) is 54.6 Å². The molecule has 134 valence electrons. The Hall–Kier alpha value is -3.05. The summed E-state index contributed by atoms with van der Waals surface area (Å²) in [4.78, 5) is 30.0. The highest BCUT2D eigenvalue weighted by Gasteiger charge is 2.18. The normalized spacial score (nSPS) is 12.2. The van der Waals surface area contributed by atoms with E-state index in [9.17, 15) is 9.59 Å². The van der Waals surface area contributed by atoms with Crippen molar-refractivity contribution in [1.82, 2.24) is 4.98 Å². The molecule has 4 aromatic rings. The van der Waals surface area contributed by atoms with E-state index in [1.807, 2.05) is 49.6 Å². The van der Waals surface area contributed by atoms with E-state index in [2.05, 4.69) is 4.98 Å². The number of aryl methyl sites for hydroxylation is 1. The highest BCUT2D eigenvalue weighted by Crippen LogP contribution is 2.27. The van der Waals surface area contributed by atoms with E-state index in [1.165, 1.54) is 11.3 Å². The zero-order chi connectivity index (χ0) is 19.0. The first kappa shape index (κ1) is 17.4. The van der Waals surface area contributed by atoms with E-state index in [-0.39, 0.29) is 17.3 Å². The number of hydrogen-bond acceptors (Lipinski definition) is 5. The summed E-state index contributed by atoms with van der Waals surface area (Å²) in [5.41, 5.74) is 2.75. The van der Waals surface area contributed by atoms with Crippen LogP contribution in [0.1, 0.15) is 45.8 Å². The van der Waals surface area contributed by atoms with Crippen molar-refractivity contribution in [2.75, 3.05) is 0 Å². The minimum atomic E-state index is -0.350. The van der Waals surface area contributed by atoms with Crippen molar-refractivity contribution in [1.29, 1.82) is 0 Å². The quantitative estimate of drug-likeness (QED) is 0.474. The average Bonchev–Trinajstić information content (AvgIpc) is 3.09. The Morgan fingerprint density at radius 2 is 1.70 bits per heavy atom. The standard InChI is InChI=1S/C22H17NO3S/c1-13-12-27-21-18(13)22(25)26-20(23-21)14(2)15-8-10-17(11-9-15)19(24)16-6-4-3-5-7-16/h3-12,14H,1-2H3. The van der Waals surface area contributed by atoms with Crippen molar-refractivity contribution < 1.29 is 9.21 Å². The maximum absolute atomic E-state index is 12.5. The number of fused-ring (bicyclic) bond motifs is 1. The largest absolute Gasteiger partial charge is 0.407 e. The fourth-order valence-electron chi connectivity index (χ4n) is 3.04. The molecule has 2 heterocycles. The lowest BCUT2D eigenvalue weighted by atomic mass is 9.97. The third kappa shape index (κ3) is 3.22. The summed E-state index contributed by atoms with van der Waals surface area (Å²) in [6.07, 6.45) is 0. The fourth-order valence-corrected chi connectivity index (χ4v) is 3.95. The van der Waals surface area contributed by atoms with Crippen molar-refractivity contribution in [3.8, 4) is 0 Å². The molecule has 1 atom stereocenters. The van der Waals surface area contributed by atoms with Gasteiger partial charge in [-0.3, -0.25) is 4.79 Å². The van der Waals surface area contributed by atoms with Crippen LogP contribution in [0.4, 0.5) is 0 Å². The van der Waals surface area contributed by atoms with E-state index in [4.69, 9.17) is 4.42 Å². The Bertz CT molecular complexity index is 1170. The molecule has 2 aromatic carbocycles. The molecule has 0 aliphatic heterocycles. The van der Waals surface area contributed by atoms with Gasteiger partial charge in [0.05, 0.1) is 11.3 Å². The highest BCUT2D eigenvalue weighted by atomic mass is 32.1. The van der Waals surface area contributed by atoms with Crippen molar-refractivity contribution in [2.45, 2.75) is 19.8 Å². The molecule has 0 saturated carbocycles. The van der Waals surface area contributed by atoms with Crippen LogP contribution in [0.5, 0.6) is 0 Å². The van der Waals surface area contributed by atoms with E-state index >= 15 is 0 Å². The van der Waals surface area contributed by atoms with Gasteiger partial charge in [0.1, 0.15) is 4.83 Å². The Kier molecular flexibility index (Phi) is 4.46. The van der Waals surface area contributed by atoms with E-state index in [0.29, 0.717) is 27.2 Å². The molecule has 0 bridgehead atoms. The molecule has 2 aromatic heterocycles. The average molecular weight is 375 g/mol. The molecule has 0 amide bonds. The number of ketones is 1. The summed E-state index contributed by atoms with van der Waals surface area (Å²) >= 11 is 1.44. The summed E-state index contributed by atoms with van der Waals surface area (Å²) in [6.45, 7) is 3.81. The Morgan fingerprint density at radius 3 is 2.41 bits per heavy atom. The van der Waals surface area contributed by atoms with Crippen LogP contribution in [-0.4, -0.2) is 10.8 Å². The van der Waals surface area contributed by atoms with Crippen LogP contribution in [0.15, 0.2) is 69.2 Å². The van der Waals surface area contributed by atoms with E-state index in [0.717, 1.165) is 11.1 Å². The van der Waals surface area contributed by atoms with Crippen molar-refractivity contribution in [3.05, 3.63) is 98.5 Å². The predicted octanol–water partition coefficient (Wildman–Crippen LogP) is 4.94. The summed E-state index contributed by atoms with van der Waals surface area (Å²) in [5.74, 6) is 0.178. The van der Waals surface area contributed by atoms with Gasteiger partial charge in [0.25, 0.3) is 0 Å². The summed E-state index contributed by atoms with van der Waals surface area (Å²) < 4.78 is 5.47. The molecule has 4 rings (SSSR count). The van der Waals surface area contributed by atoms with Gasteiger partial charge in [0, 0.05) is 11.1 Å². The number of hydrogen-bond donors (Lipinski definition) is 0.